The molecule has 1 aliphatic rings. The predicted molar refractivity (Wildman–Crippen MR) is 68.8 cm³/mol. The Morgan fingerprint density at radius 1 is 1.44 bits per heavy atom. The van der Waals surface area contributed by atoms with Gasteiger partial charge in [-0.25, -0.2) is 0 Å². The molecular formula is C13H28N2O. The van der Waals surface area contributed by atoms with E-state index in [1.807, 2.05) is 0 Å². The van der Waals surface area contributed by atoms with Gasteiger partial charge in [-0.1, -0.05) is 13.8 Å². The zero-order chi connectivity index (χ0) is 12.2. The van der Waals surface area contributed by atoms with Crippen LogP contribution in [-0.4, -0.2) is 49.3 Å². The minimum atomic E-state index is -0.0281. The zero-order valence-electron chi connectivity index (χ0n) is 11.5. The number of methoxy groups -OCH3 is 1. The molecule has 0 amide bonds. The molecule has 1 N–H and O–H groups in total. The van der Waals surface area contributed by atoms with Gasteiger partial charge in [0.2, 0.25) is 0 Å². The Labute approximate surface area is 101 Å². The summed E-state index contributed by atoms with van der Waals surface area (Å²) in [6, 6.07) is 1.24. The third-order valence-electron chi connectivity index (χ3n) is 3.23. The molecule has 1 heterocycles. The highest BCUT2D eigenvalue weighted by atomic mass is 16.5. The van der Waals surface area contributed by atoms with Crippen LogP contribution in [0.15, 0.2) is 0 Å². The first kappa shape index (κ1) is 13.9. The van der Waals surface area contributed by atoms with Crippen molar-refractivity contribution in [2.24, 2.45) is 0 Å². The van der Waals surface area contributed by atoms with E-state index < -0.39 is 0 Å². The average Bonchev–Trinajstić information content (AvgIpc) is 2.16. The first-order valence-corrected chi connectivity index (χ1v) is 6.46. The number of nitrogens with one attached hydrogen (secondary N) is 1. The van der Waals surface area contributed by atoms with Crippen molar-refractivity contribution >= 4 is 0 Å². The second kappa shape index (κ2) is 5.99. The number of likely N-dealkylation sites (tertiary alicyclic amines) is 1. The van der Waals surface area contributed by atoms with Crippen molar-refractivity contribution in [3.63, 3.8) is 0 Å². The Kier molecular flexibility index (Phi) is 5.22. The first-order valence-electron chi connectivity index (χ1n) is 6.46. The van der Waals surface area contributed by atoms with Crippen LogP contribution in [0, 0.1) is 0 Å². The maximum absolute atomic E-state index is 5.49. The van der Waals surface area contributed by atoms with Gasteiger partial charge in [0.05, 0.1) is 5.60 Å². The molecule has 96 valence electrons. The molecule has 0 saturated carbocycles. The molecule has 0 bridgehead atoms. The molecule has 1 unspecified atom stereocenters. The second-order valence-corrected chi connectivity index (χ2v) is 5.86. The quantitative estimate of drug-likeness (QED) is 0.777. The minimum absolute atomic E-state index is 0.0281. The zero-order valence-corrected chi connectivity index (χ0v) is 11.5. The van der Waals surface area contributed by atoms with E-state index >= 15 is 0 Å². The predicted octanol–water partition coefficient (Wildman–Crippen LogP) is 1.87. The van der Waals surface area contributed by atoms with E-state index in [1.165, 1.54) is 19.4 Å². The van der Waals surface area contributed by atoms with Crippen LogP contribution >= 0.6 is 0 Å². The lowest BCUT2D eigenvalue weighted by atomic mass is 10.0. The summed E-state index contributed by atoms with van der Waals surface area (Å²) in [5, 5.41) is 3.63. The van der Waals surface area contributed by atoms with Gasteiger partial charge in [-0.05, 0) is 33.2 Å². The third-order valence-corrected chi connectivity index (χ3v) is 3.23. The lowest BCUT2D eigenvalue weighted by Crippen LogP contribution is -2.51. The number of rotatable bonds is 5. The fourth-order valence-electron chi connectivity index (χ4n) is 2.41. The Morgan fingerprint density at radius 3 is 2.69 bits per heavy atom. The standard InChI is InChI=1S/C13H28N2O/c1-11(2)14-12-7-6-8-15(9-12)10-13(3,4)16-5/h11-12,14H,6-10H2,1-5H3. The molecule has 1 fully saturated rings. The van der Waals surface area contributed by atoms with Gasteiger partial charge in [-0.2, -0.15) is 0 Å². The number of hydrogen-bond acceptors (Lipinski definition) is 3. The average molecular weight is 228 g/mol. The fraction of sp³-hybridized carbons (Fsp3) is 1.00. The van der Waals surface area contributed by atoms with Crippen LogP contribution in [0.25, 0.3) is 0 Å². The van der Waals surface area contributed by atoms with E-state index in [0.717, 1.165) is 13.1 Å². The van der Waals surface area contributed by atoms with Crippen molar-refractivity contribution < 1.29 is 4.74 Å². The van der Waals surface area contributed by atoms with Crippen molar-refractivity contribution in [1.29, 1.82) is 0 Å². The van der Waals surface area contributed by atoms with Gasteiger partial charge in [0.25, 0.3) is 0 Å². The first-order chi connectivity index (χ1) is 7.43. The lowest BCUT2D eigenvalue weighted by molar-refractivity contribution is -0.0143. The normalized spacial score (nSPS) is 24.0. The van der Waals surface area contributed by atoms with E-state index in [4.69, 9.17) is 4.74 Å². The molecular weight excluding hydrogens is 200 g/mol. The molecule has 0 spiro atoms. The summed E-state index contributed by atoms with van der Waals surface area (Å²) in [5.41, 5.74) is -0.0281. The highest BCUT2D eigenvalue weighted by molar-refractivity contribution is 4.83. The summed E-state index contributed by atoms with van der Waals surface area (Å²) in [5.74, 6) is 0. The summed E-state index contributed by atoms with van der Waals surface area (Å²) >= 11 is 0. The van der Waals surface area contributed by atoms with Crippen LogP contribution in [0.2, 0.25) is 0 Å². The van der Waals surface area contributed by atoms with E-state index in [9.17, 15) is 0 Å². The van der Waals surface area contributed by atoms with Crippen molar-refractivity contribution in [2.75, 3.05) is 26.7 Å². The molecule has 0 aliphatic carbocycles. The van der Waals surface area contributed by atoms with Gasteiger partial charge in [-0.15, -0.1) is 0 Å². The number of hydrogen-bond donors (Lipinski definition) is 1. The molecule has 1 aliphatic heterocycles. The SMILES string of the molecule is COC(C)(C)CN1CCCC(NC(C)C)C1. The Bertz CT molecular complexity index is 204. The molecule has 1 saturated heterocycles. The molecule has 0 aromatic carbocycles. The molecule has 1 atom stereocenters. The monoisotopic (exact) mass is 228 g/mol. The van der Waals surface area contributed by atoms with Crippen LogP contribution in [0.1, 0.15) is 40.5 Å². The van der Waals surface area contributed by atoms with E-state index in [1.54, 1.807) is 7.11 Å². The largest absolute Gasteiger partial charge is 0.377 e. The topological polar surface area (TPSA) is 24.5 Å². The maximum Gasteiger partial charge on any atom is 0.0749 e. The molecule has 3 nitrogen and oxygen atoms in total. The van der Waals surface area contributed by atoms with Gasteiger partial charge < -0.3 is 10.1 Å². The van der Waals surface area contributed by atoms with Gasteiger partial charge in [0.1, 0.15) is 0 Å². The Hall–Kier alpha value is -0.120. The van der Waals surface area contributed by atoms with Crippen molar-refractivity contribution in [2.45, 2.75) is 58.2 Å². The number of ether oxygens (including phenoxy) is 1. The maximum atomic E-state index is 5.49. The summed E-state index contributed by atoms with van der Waals surface area (Å²) in [6.45, 7) is 12.2. The van der Waals surface area contributed by atoms with Crippen molar-refractivity contribution in [1.82, 2.24) is 10.2 Å². The van der Waals surface area contributed by atoms with Gasteiger partial charge in [-0.3, -0.25) is 4.90 Å². The summed E-state index contributed by atoms with van der Waals surface area (Å²) in [6.07, 6.45) is 2.60. The molecule has 0 aromatic rings. The molecule has 1 rings (SSSR count). The molecule has 0 radical (unpaired) electrons. The fourth-order valence-corrected chi connectivity index (χ4v) is 2.41. The second-order valence-electron chi connectivity index (χ2n) is 5.86. The van der Waals surface area contributed by atoms with Crippen LogP contribution in [0.3, 0.4) is 0 Å². The lowest BCUT2D eigenvalue weighted by Gasteiger charge is -2.38. The highest BCUT2D eigenvalue weighted by Crippen LogP contribution is 2.16. The van der Waals surface area contributed by atoms with Gasteiger partial charge in [0.15, 0.2) is 0 Å². The van der Waals surface area contributed by atoms with Gasteiger partial charge >= 0.3 is 0 Å². The van der Waals surface area contributed by atoms with E-state index in [0.29, 0.717) is 12.1 Å². The van der Waals surface area contributed by atoms with Crippen LogP contribution in [0.5, 0.6) is 0 Å². The smallest absolute Gasteiger partial charge is 0.0749 e. The number of nitrogens with zero attached hydrogens (tertiary/aromatic N) is 1. The van der Waals surface area contributed by atoms with Gasteiger partial charge in [0, 0.05) is 32.3 Å². The molecule has 0 aromatic heterocycles. The van der Waals surface area contributed by atoms with E-state index in [2.05, 4.69) is 37.9 Å². The minimum Gasteiger partial charge on any atom is -0.377 e. The molecule has 3 heteroatoms. The summed E-state index contributed by atoms with van der Waals surface area (Å²) in [7, 11) is 1.80. The third kappa shape index (κ3) is 4.81. The van der Waals surface area contributed by atoms with Crippen LogP contribution in [-0.2, 0) is 4.74 Å². The highest BCUT2D eigenvalue weighted by Gasteiger charge is 2.26. The number of piperidine rings is 1. The Balaban J connectivity index is 2.38. The van der Waals surface area contributed by atoms with Crippen LogP contribution < -0.4 is 5.32 Å². The van der Waals surface area contributed by atoms with E-state index in [-0.39, 0.29) is 5.60 Å². The summed E-state index contributed by atoms with van der Waals surface area (Å²) in [4.78, 5) is 2.52. The summed E-state index contributed by atoms with van der Waals surface area (Å²) < 4.78 is 5.49. The van der Waals surface area contributed by atoms with Crippen molar-refractivity contribution in [3.8, 4) is 0 Å². The van der Waals surface area contributed by atoms with Crippen molar-refractivity contribution in [3.05, 3.63) is 0 Å². The Morgan fingerprint density at radius 2 is 2.12 bits per heavy atom. The van der Waals surface area contributed by atoms with Crippen LogP contribution in [0.4, 0.5) is 0 Å². The molecule has 16 heavy (non-hydrogen) atoms.